The predicted molar refractivity (Wildman–Crippen MR) is 90.0 cm³/mol. The van der Waals surface area contributed by atoms with Crippen LogP contribution in [0, 0.1) is 0 Å². The molecule has 1 heterocycles. The molecule has 23 heavy (non-hydrogen) atoms. The fourth-order valence-electron chi connectivity index (χ4n) is 2.54. The zero-order chi connectivity index (χ0) is 16.5. The molecule has 0 bridgehead atoms. The maximum Gasteiger partial charge on any atom is 0.240 e. The molecular weight excluding hydrogens is 359 g/mol. The van der Waals surface area contributed by atoms with Crippen LogP contribution in [0.25, 0.3) is 0 Å². The van der Waals surface area contributed by atoms with Crippen molar-refractivity contribution in [3.05, 3.63) is 71.8 Å². The molecule has 2 unspecified atom stereocenters. The Morgan fingerprint density at radius 3 is 2.09 bits per heavy atom. The molecule has 0 aliphatic carbocycles. The number of Topliss-reactive ketones (excluding diaryl/α,β-unsaturated/α-hetero) is 1. The average molecular weight is 372 g/mol. The molecule has 2 aromatic rings. The van der Waals surface area contributed by atoms with Crippen LogP contribution in [0.2, 0.25) is 0 Å². The molecule has 2 atom stereocenters. The molecule has 2 aromatic carbocycles. The molecule has 0 aromatic heterocycles. The molecule has 0 N–H and O–H groups in total. The summed E-state index contributed by atoms with van der Waals surface area (Å²) in [6.07, 6.45) is -1.12. The average Bonchev–Trinajstić information content (AvgIpc) is 3.03. The van der Waals surface area contributed by atoms with Crippen LogP contribution >= 0.6 is 34.8 Å². The highest BCUT2D eigenvalue weighted by molar-refractivity contribution is 6.68. The van der Waals surface area contributed by atoms with Gasteiger partial charge in [-0.2, -0.15) is 0 Å². The fourth-order valence-corrected chi connectivity index (χ4v) is 2.86. The van der Waals surface area contributed by atoms with E-state index < -0.39 is 15.7 Å². The van der Waals surface area contributed by atoms with Crippen molar-refractivity contribution < 1.29 is 14.3 Å². The van der Waals surface area contributed by atoms with Gasteiger partial charge in [-0.15, -0.1) is 0 Å². The van der Waals surface area contributed by atoms with Gasteiger partial charge in [0.2, 0.25) is 15.9 Å². The summed E-state index contributed by atoms with van der Waals surface area (Å²) in [5, 5.41) is 0. The first-order chi connectivity index (χ1) is 10.9. The van der Waals surface area contributed by atoms with Gasteiger partial charge in [0.25, 0.3) is 0 Å². The van der Waals surface area contributed by atoms with Gasteiger partial charge in [-0.1, -0.05) is 95.5 Å². The Balaban J connectivity index is 2.04. The van der Waals surface area contributed by atoms with Crippen molar-refractivity contribution in [1.82, 2.24) is 0 Å². The van der Waals surface area contributed by atoms with Crippen LogP contribution in [0.15, 0.2) is 60.7 Å². The standard InChI is InChI=1S/C17H13Cl3O3/c18-17(19,20)15-22-11-16(23-15,13-9-5-2-6-10-13)14(21)12-7-3-1-4-8-12/h1-10,15H,11H2. The number of hydrogen-bond acceptors (Lipinski definition) is 3. The summed E-state index contributed by atoms with van der Waals surface area (Å²) in [7, 11) is 0. The summed E-state index contributed by atoms with van der Waals surface area (Å²) in [6, 6.07) is 17.9. The Hall–Kier alpha value is -1.10. The van der Waals surface area contributed by atoms with E-state index in [9.17, 15) is 4.79 Å². The lowest BCUT2D eigenvalue weighted by Gasteiger charge is -2.28. The van der Waals surface area contributed by atoms with Crippen molar-refractivity contribution in [2.45, 2.75) is 15.7 Å². The molecule has 120 valence electrons. The molecule has 1 aliphatic rings. The summed E-state index contributed by atoms with van der Waals surface area (Å²) in [4.78, 5) is 13.1. The third-order valence-corrected chi connectivity index (χ3v) is 4.19. The lowest BCUT2D eigenvalue weighted by Crippen LogP contribution is -2.40. The SMILES string of the molecule is O=C(c1ccccc1)C1(c2ccccc2)COC(C(Cl)(Cl)Cl)O1. The highest BCUT2D eigenvalue weighted by Gasteiger charge is 2.54. The van der Waals surface area contributed by atoms with Crippen molar-refractivity contribution in [2.24, 2.45) is 0 Å². The minimum absolute atomic E-state index is 0.0245. The van der Waals surface area contributed by atoms with Crippen LogP contribution in [0.5, 0.6) is 0 Å². The van der Waals surface area contributed by atoms with Gasteiger partial charge in [0.05, 0.1) is 6.61 Å². The van der Waals surface area contributed by atoms with E-state index in [-0.39, 0.29) is 12.4 Å². The van der Waals surface area contributed by atoms with Gasteiger partial charge < -0.3 is 9.47 Å². The zero-order valence-corrected chi connectivity index (χ0v) is 14.2. The van der Waals surface area contributed by atoms with E-state index in [1.807, 2.05) is 24.3 Å². The summed E-state index contributed by atoms with van der Waals surface area (Å²) < 4.78 is 9.56. The fraction of sp³-hybridized carbons (Fsp3) is 0.235. The number of benzene rings is 2. The minimum atomic E-state index is -1.78. The van der Waals surface area contributed by atoms with E-state index in [4.69, 9.17) is 44.3 Å². The Kier molecular flexibility index (Phi) is 4.68. The van der Waals surface area contributed by atoms with Gasteiger partial charge in [0.1, 0.15) is 0 Å². The van der Waals surface area contributed by atoms with Gasteiger partial charge in [0, 0.05) is 5.56 Å². The first-order valence-corrected chi connectivity index (χ1v) is 8.08. The van der Waals surface area contributed by atoms with Crippen LogP contribution in [0.3, 0.4) is 0 Å². The van der Waals surface area contributed by atoms with Crippen molar-refractivity contribution in [3.63, 3.8) is 0 Å². The monoisotopic (exact) mass is 370 g/mol. The summed E-state index contributed by atoms with van der Waals surface area (Å²) in [6.45, 7) is -0.0245. The predicted octanol–water partition coefficient (Wildman–Crippen LogP) is 4.51. The highest BCUT2D eigenvalue weighted by Crippen LogP contribution is 2.44. The number of carbonyl (C=O) groups is 1. The van der Waals surface area contributed by atoms with Crippen LogP contribution in [-0.4, -0.2) is 22.5 Å². The molecule has 1 saturated heterocycles. The molecule has 0 radical (unpaired) electrons. The molecule has 6 heteroatoms. The third-order valence-electron chi connectivity index (χ3n) is 3.66. The number of carbonyl (C=O) groups excluding carboxylic acids is 1. The second kappa shape index (κ2) is 6.42. The van der Waals surface area contributed by atoms with E-state index in [2.05, 4.69) is 0 Å². The Labute approximate surface area is 149 Å². The maximum atomic E-state index is 13.1. The third kappa shape index (κ3) is 3.25. The normalized spacial score (nSPS) is 24.6. The number of ketones is 1. The number of alkyl halides is 3. The zero-order valence-electron chi connectivity index (χ0n) is 11.9. The van der Waals surface area contributed by atoms with Crippen LogP contribution in [0.4, 0.5) is 0 Å². The Morgan fingerprint density at radius 1 is 1.00 bits per heavy atom. The van der Waals surface area contributed by atoms with Gasteiger partial charge in [-0.25, -0.2) is 0 Å². The molecule has 1 aliphatic heterocycles. The lowest BCUT2D eigenvalue weighted by atomic mass is 9.86. The van der Waals surface area contributed by atoms with Crippen LogP contribution in [-0.2, 0) is 15.1 Å². The molecule has 0 amide bonds. The number of rotatable bonds is 3. The second-order valence-corrected chi connectivity index (χ2v) is 7.56. The van der Waals surface area contributed by atoms with E-state index in [1.165, 1.54) is 0 Å². The van der Waals surface area contributed by atoms with Crippen molar-refractivity contribution in [2.75, 3.05) is 6.61 Å². The summed E-state index contributed by atoms with van der Waals surface area (Å²) in [5.41, 5.74) is -0.174. The summed E-state index contributed by atoms with van der Waals surface area (Å²) >= 11 is 17.6. The van der Waals surface area contributed by atoms with E-state index in [0.717, 1.165) is 0 Å². The maximum absolute atomic E-state index is 13.1. The van der Waals surface area contributed by atoms with E-state index >= 15 is 0 Å². The van der Waals surface area contributed by atoms with Gasteiger partial charge in [-0.05, 0) is 5.56 Å². The van der Waals surface area contributed by atoms with Crippen molar-refractivity contribution >= 4 is 40.6 Å². The summed E-state index contributed by atoms with van der Waals surface area (Å²) in [5.74, 6) is -0.235. The van der Waals surface area contributed by atoms with Gasteiger partial charge in [-0.3, -0.25) is 4.79 Å². The second-order valence-electron chi connectivity index (χ2n) is 5.19. The Morgan fingerprint density at radius 2 is 1.57 bits per heavy atom. The molecule has 0 spiro atoms. The molecule has 3 nitrogen and oxygen atoms in total. The van der Waals surface area contributed by atoms with E-state index in [0.29, 0.717) is 11.1 Å². The molecule has 1 fully saturated rings. The molecule has 3 rings (SSSR count). The van der Waals surface area contributed by atoms with Gasteiger partial charge >= 0.3 is 0 Å². The van der Waals surface area contributed by atoms with Crippen LogP contribution in [0.1, 0.15) is 15.9 Å². The quantitative estimate of drug-likeness (QED) is 0.588. The highest BCUT2D eigenvalue weighted by atomic mass is 35.6. The van der Waals surface area contributed by atoms with Crippen molar-refractivity contribution in [3.8, 4) is 0 Å². The van der Waals surface area contributed by atoms with Gasteiger partial charge in [0.15, 0.2) is 5.60 Å². The topological polar surface area (TPSA) is 35.5 Å². The van der Waals surface area contributed by atoms with Crippen molar-refractivity contribution in [1.29, 1.82) is 0 Å². The first-order valence-electron chi connectivity index (χ1n) is 6.95. The molecule has 0 saturated carbocycles. The number of hydrogen-bond donors (Lipinski definition) is 0. The molecular formula is C17H13Cl3O3. The number of halogens is 3. The smallest absolute Gasteiger partial charge is 0.240 e. The van der Waals surface area contributed by atoms with E-state index in [1.54, 1.807) is 36.4 Å². The number of ether oxygens (including phenoxy) is 2. The lowest BCUT2D eigenvalue weighted by molar-refractivity contribution is -0.0765. The first kappa shape index (κ1) is 16.7. The minimum Gasteiger partial charge on any atom is -0.345 e. The van der Waals surface area contributed by atoms with Crippen LogP contribution < -0.4 is 0 Å². The Bertz CT molecular complexity index is 685. The largest absolute Gasteiger partial charge is 0.345 e.